The maximum absolute atomic E-state index is 13.1. The van der Waals surface area contributed by atoms with Crippen LogP contribution < -0.4 is 5.32 Å². The average Bonchev–Trinajstić information content (AvgIpc) is 3.68. The molecule has 2 aliphatic rings. The van der Waals surface area contributed by atoms with E-state index in [-0.39, 0.29) is 5.91 Å². The van der Waals surface area contributed by atoms with Gasteiger partial charge in [0.1, 0.15) is 11.2 Å². The number of oxazole rings is 1. The second-order valence-corrected chi connectivity index (χ2v) is 7.94. The van der Waals surface area contributed by atoms with E-state index < -0.39 is 0 Å². The lowest BCUT2D eigenvalue weighted by Gasteiger charge is -2.08. The number of aromatic nitrogens is 3. The molecular weight excluding hydrogens is 364 g/mol. The number of fused-ring (bicyclic) bond motifs is 1. The van der Waals surface area contributed by atoms with Crippen LogP contribution in [0.4, 0.5) is 5.69 Å². The van der Waals surface area contributed by atoms with Gasteiger partial charge in [-0.25, -0.2) is 9.67 Å². The summed E-state index contributed by atoms with van der Waals surface area (Å²) in [5.41, 5.74) is 4.64. The van der Waals surface area contributed by atoms with Crippen molar-refractivity contribution in [3.05, 3.63) is 71.9 Å². The predicted molar refractivity (Wildman–Crippen MR) is 109 cm³/mol. The lowest BCUT2D eigenvalue weighted by molar-refractivity contribution is 0.101. The molecule has 6 rings (SSSR count). The minimum Gasteiger partial charge on any atom is -0.440 e. The van der Waals surface area contributed by atoms with E-state index in [4.69, 9.17) is 9.52 Å². The van der Waals surface area contributed by atoms with Crippen LogP contribution in [0.25, 0.3) is 16.8 Å². The number of amides is 1. The Morgan fingerprint density at radius 2 is 1.79 bits per heavy atom. The summed E-state index contributed by atoms with van der Waals surface area (Å²) in [4.78, 5) is 17.7. The van der Waals surface area contributed by atoms with Gasteiger partial charge >= 0.3 is 0 Å². The number of hydrogen-bond acceptors (Lipinski definition) is 4. The van der Waals surface area contributed by atoms with Crippen LogP contribution in [0.3, 0.4) is 0 Å². The maximum Gasteiger partial charge on any atom is 0.274 e. The minimum atomic E-state index is -0.182. The molecule has 144 valence electrons. The molecule has 1 N–H and O–H groups in total. The largest absolute Gasteiger partial charge is 0.440 e. The molecule has 0 unspecified atom stereocenters. The van der Waals surface area contributed by atoms with Gasteiger partial charge in [0.05, 0.1) is 11.4 Å². The Morgan fingerprint density at radius 1 is 1.00 bits per heavy atom. The summed E-state index contributed by atoms with van der Waals surface area (Å²) in [5.74, 6) is 1.55. The summed E-state index contributed by atoms with van der Waals surface area (Å²) >= 11 is 0. The quantitative estimate of drug-likeness (QED) is 0.524. The minimum absolute atomic E-state index is 0.182. The van der Waals surface area contributed by atoms with E-state index in [2.05, 4.69) is 10.3 Å². The molecule has 2 saturated carbocycles. The summed E-state index contributed by atoms with van der Waals surface area (Å²) in [6, 6.07) is 17.3. The zero-order valence-corrected chi connectivity index (χ0v) is 15.8. The molecule has 0 bridgehead atoms. The number of rotatable bonds is 5. The average molecular weight is 384 g/mol. The molecule has 6 heteroatoms. The van der Waals surface area contributed by atoms with Gasteiger partial charge in [-0.05, 0) is 62.1 Å². The molecule has 0 saturated heterocycles. The molecule has 0 atom stereocenters. The van der Waals surface area contributed by atoms with Crippen molar-refractivity contribution in [1.29, 1.82) is 0 Å². The molecule has 1 amide bonds. The van der Waals surface area contributed by atoms with E-state index in [9.17, 15) is 4.79 Å². The summed E-state index contributed by atoms with van der Waals surface area (Å²) in [6.07, 6.45) is 4.56. The van der Waals surface area contributed by atoms with Crippen LogP contribution in [0.15, 0.2) is 59.0 Å². The normalized spacial score (nSPS) is 16.3. The van der Waals surface area contributed by atoms with Gasteiger partial charge in [-0.15, -0.1) is 0 Å². The first kappa shape index (κ1) is 16.5. The van der Waals surface area contributed by atoms with Crippen LogP contribution in [0.2, 0.25) is 0 Å². The molecule has 0 aliphatic heterocycles. The van der Waals surface area contributed by atoms with Gasteiger partial charge in [0.25, 0.3) is 5.91 Å². The smallest absolute Gasteiger partial charge is 0.274 e. The molecule has 0 spiro atoms. The standard InChI is InChI=1S/C23H20N4O2/c28-22(24-16-10-11-21-19(12-16)25-23(29-21)15-8-9-15)20-13-18(14-6-7-14)26-27(20)17-4-2-1-3-5-17/h1-5,10-15H,6-9H2,(H,24,28). The van der Waals surface area contributed by atoms with E-state index in [1.165, 1.54) is 0 Å². The summed E-state index contributed by atoms with van der Waals surface area (Å²) in [6.45, 7) is 0. The Morgan fingerprint density at radius 3 is 2.55 bits per heavy atom. The molecule has 2 aromatic carbocycles. The molecule has 2 fully saturated rings. The van der Waals surface area contributed by atoms with Crippen molar-refractivity contribution >= 4 is 22.7 Å². The highest BCUT2D eigenvalue weighted by Gasteiger charge is 2.30. The molecule has 4 aromatic rings. The van der Waals surface area contributed by atoms with Crippen molar-refractivity contribution in [2.24, 2.45) is 0 Å². The number of nitrogens with zero attached hydrogens (tertiary/aromatic N) is 3. The summed E-state index contributed by atoms with van der Waals surface area (Å²) in [5, 5.41) is 7.72. The Hall–Kier alpha value is -3.41. The second-order valence-electron chi connectivity index (χ2n) is 7.94. The highest BCUT2D eigenvalue weighted by atomic mass is 16.3. The number of anilines is 1. The summed E-state index contributed by atoms with van der Waals surface area (Å²) in [7, 11) is 0. The first-order valence-corrected chi connectivity index (χ1v) is 10.1. The molecule has 2 aliphatic carbocycles. The fourth-order valence-corrected chi connectivity index (χ4v) is 3.63. The fourth-order valence-electron chi connectivity index (χ4n) is 3.63. The zero-order valence-electron chi connectivity index (χ0n) is 15.8. The van der Waals surface area contributed by atoms with Crippen molar-refractivity contribution in [3.8, 4) is 5.69 Å². The van der Waals surface area contributed by atoms with Crippen LogP contribution in [0, 0.1) is 0 Å². The second kappa shape index (κ2) is 6.30. The van der Waals surface area contributed by atoms with Gasteiger partial charge in [0.15, 0.2) is 11.5 Å². The number of carbonyl (C=O) groups is 1. The lowest BCUT2D eigenvalue weighted by Crippen LogP contribution is -2.16. The Kier molecular flexibility index (Phi) is 3.59. The van der Waals surface area contributed by atoms with Crippen LogP contribution in [-0.4, -0.2) is 20.7 Å². The Bertz CT molecular complexity index is 1220. The number of hydrogen-bond donors (Lipinski definition) is 1. The number of carbonyl (C=O) groups excluding carboxylic acids is 1. The van der Waals surface area contributed by atoms with Gasteiger partial charge < -0.3 is 9.73 Å². The zero-order chi connectivity index (χ0) is 19.4. The van der Waals surface area contributed by atoms with Crippen LogP contribution >= 0.6 is 0 Å². The highest BCUT2D eigenvalue weighted by molar-refractivity contribution is 6.04. The monoisotopic (exact) mass is 384 g/mol. The van der Waals surface area contributed by atoms with E-state index in [1.807, 2.05) is 54.6 Å². The van der Waals surface area contributed by atoms with Crippen molar-refractivity contribution < 1.29 is 9.21 Å². The van der Waals surface area contributed by atoms with Crippen LogP contribution in [0.5, 0.6) is 0 Å². The van der Waals surface area contributed by atoms with Gasteiger partial charge in [0, 0.05) is 17.5 Å². The molecule has 2 heterocycles. The van der Waals surface area contributed by atoms with E-state index in [0.717, 1.165) is 54.1 Å². The third kappa shape index (κ3) is 3.10. The SMILES string of the molecule is O=C(Nc1ccc2oc(C3CC3)nc2c1)c1cc(C2CC2)nn1-c1ccccc1. The Labute approximate surface area is 167 Å². The molecular formula is C23H20N4O2. The van der Waals surface area contributed by atoms with Gasteiger partial charge in [0.2, 0.25) is 0 Å². The van der Waals surface area contributed by atoms with Crippen molar-refractivity contribution in [2.45, 2.75) is 37.5 Å². The highest BCUT2D eigenvalue weighted by Crippen LogP contribution is 2.41. The molecule has 0 radical (unpaired) electrons. The Balaban J connectivity index is 1.32. The number of nitrogens with one attached hydrogen (secondary N) is 1. The van der Waals surface area contributed by atoms with Gasteiger partial charge in [-0.3, -0.25) is 4.79 Å². The van der Waals surface area contributed by atoms with Crippen LogP contribution in [0.1, 0.15) is 59.6 Å². The number of para-hydroxylation sites is 1. The third-order valence-corrected chi connectivity index (χ3v) is 5.55. The molecule has 6 nitrogen and oxygen atoms in total. The predicted octanol–water partition coefficient (Wildman–Crippen LogP) is 5.02. The van der Waals surface area contributed by atoms with Gasteiger partial charge in [-0.1, -0.05) is 18.2 Å². The summed E-state index contributed by atoms with van der Waals surface area (Å²) < 4.78 is 7.55. The van der Waals surface area contributed by atoms with Gasteiger partial charge in [-0.2, -0.15) is 5.10 Å². The molecule has 29 heavy (non-hydrogen) atoms. The fraction of sp³-hybridized carbons (Fsp3) is 0.261. The van der Waals surface area contributed by atoms with Crippen molar-refractivity contribution in [3.63, 3.8) is 0 Å². The molecule has 2 aromatic heterocycles. The van der Waals surface area contributed by atoms with E-state index in [0.29, 0.717) is 23.2 Å². The topological polar surface area (TPSA) is 73.0 Å². The van der Waals surface area contributed by atoms with Crippen molar-refractivity contribution in [1.82, 2.24) is 14.8 Å². The van der Waals surface area contributed by atoms with E-state index >= 15 is 0 Å². The first-order valence-electron chi connectivity index (χ1n) is 10.1. The van der Waals surface area contributed by atoms with E-state index in [1.54, 1.807) is 4.68 Å². The first-order chi connectivity index (χ1) is 14.2. The van der Waals surface area contributed by atoms with Crippen LogP contribution in [-0.2, 0) is 0 Å². The maximum atomic E-state index is 13.1. The third-order valence-electron chi connectivity index (χ3n) is 5.55. The number of benzene rings is 2. The lowest BCUT2D eigenvalue weighted by atomic mass is 10.2. The van der Waals surface area contributed by atoms with Crippen molar-refractivity contribution in [2.75, 3.05) is 5.32 Å².